The highest BCUT2D eigenvalue weighted by Crippen LogP contribution is 2.30. The van der Waals surface area contributed by atoms with Gasteiger partial charge in [0.25, 0.3) is 5.91 Å². The number of aliphatic hydroxyl groups is 1. The predicted molar refractivity (Wildman–Crippen MR) is 123 cm³/mol. The molecule has 0 saturated carbocycles. The summed E-state index contributed by atoms with van der Waals surface area (Å²) >= 11 is 0. The van der Waals surface area contributed by atoms with E-state index in [1.165, 1.54) is 18.3 Å². The molecule has 164 valence electrons. The number of rotatable bonds is 7. The zero-order chi connectivity index (χ0) is 23.3. The van der Waals surface area contributed by atoms with Gasteiger partial charge in [0, 0.05) is 5.56 Å². The molecule has 0 aliphatic carbocycles. The van der Waals surface area contributed by atoms with Crippen molar-refractivity contribution in [3.8, 4) is 11.3 Å². The van der Waals surface area contributed by atoms with Crippen LogP contribution in [0.1, 0.15) is 27.2 Å². The van der Waals surface area contributed by atoms with Gasteiger partial charge in [0.1, 0.15) is 11.5 Å². The van der Waals surface area contributed by atoms with E-state index in [0.717, 1.165) is 0 Å². The second kappa shape index (κ2) is 9.33. The summed E-state index contributed by atoms with van der Waals surface area (Å²) in [6.45, 7) is 0. The van der Waals surface area contributed by atoms with Crippen molar-refractivity contribution in [2.75, 3.05) is 0 Å². The summed E-state index contributed by atoms with van der Waals surface area (Å²) in [6, 6.07) is 26.9. The van der Waals surface area contributed by atoms with E-state index >= 15 is 0 Å². The average molecular weight is 440 g/mol. The van der Waals surface area contributed by atoms with Gasteiger partial charge in [0.05, 0.1) is 11.8 Å². The molecule has 1 heterocycles. The molecule has 0 atom stereocenters. The molecule has 0 spiro atoms. The lowest BCUT2D eigenvalue weighted by Crippen LogP contribution is -2.43. The highest BCUT2D eigenvalue weighted by Gasteiger charge is 2.39. The number of carboxylic acids is 1. The lowest BCUT2D eigenvalue weighted by atomic mass is 9.85. The van der Waals surface area contributed by atoms with Crippen LogP contribution < -0.4 is 5.43 Å². The Morgan fingerprint density at radius 2 is 1.39 bits per heavy atom. The number of nitrogens with one attached hydrogen (secondary N) is 1. The maximum absolute atomic E-state index is 13.0. The lowest BCUT2D eigenvalue weighted by Gasteiger charge is -2.26. The van der Waals surface area contributed by atoms with Gasteiger partial charge >= 0.3 is 5.97 Å². The number of benzene rings is 3. The molecule has 0 aliphatic rings. The fourth-order valence-electron chi connectivity index (χ4n) is 3.38. The van der Waals surface area contributed by atoms with Crippen LogP contribution in [-0.2, 0) is 10.4 Å². The van der Waals surface area contributed by atoms with Crippen LogP contribution in [0.15, 0.2) is 107 Å². The van der Waals surface area contributed by atoms with Gasteiger partial charge in [0.15, 0.2) is 5.60 Å². The highest BCUT2D eigenvalue weighted by molar-refractivity contribution is 5.91. The summed E-state index contributed by atoms with van der Waals surface area (Å²) < 4.78 is 5.70. The van der Waals surface area contributed by atoms with Gasteiger partial charge in [-0.05, 0) is 35.4 Å². The number of amides is 1. The fraction of sp³-hybridized carbons (Fsp3) is 0.0385. The minimum absolute atomic E-state index is 0.180. The van der Waals surface area contributed by atoms with Gasteiger partial charge < -0.3 is 14.6 Å². The van der Waals surface area contributed by atoms with Crippen LogP contribution in [0.2, 0.25) is 0 Å². The smallest absolute Gasteiger partial charge is 0.335 e. The van der Waals surface area contributed by atoms with Crippen molar-refractivity contribution >= 4 is 18.1 Å². The topological polar surface area (TPSA) is 112 Å². The second-order valence-electron chi connectivity index (χ2n) is 7.23. The maximum Gasteiger partial charge on any atom is 0.335 e. The predicted octanol–water partition coefficient (Wildman–Crippen LogP) is 4.03. The first kappa shape index (κ1) is 21.7. The molecule has 3 N–H and O–H groups in total. The molecule has 0 unspecified atom stereocenters. The van der Waals surface area contributed by atoms with E-state index in [-0.39, 0.29) is 5.56 Å². The molecule has 0 aliphatic heterocycles. The summed E-state index contributed by atoms with van der Waals surface area (Å²) in [6.07, 6.45) is 1.32. The Balaban J connectivity index is 1.51. The molecule has 3 aromatic carbocycles. The van der Waals surface area contributed by atoms with E-state index in [1.807, 2.05) is 0 Å². The molecule has 4 aromatic rings. The quantitative estimate of drug-likeness (QED) is 0.297. The van der Waals surface area contributed by atoms with Gasteiger partial charge in [-0.15, -0.1) is 0 Å². The Bertz CT molecular complexity index is 1240. The monoisotopic (exact) mass is 440 g/mol. The Hall–Kier alpha value is -4.49. The molecule has 0 saturated heterocycles. The van der Waals surface area contributed by atoms with Gasteiger partial charge in [-0.2, -0.15) is 5.10 Å². The first-order chi connectivity index (χ1) is 16.0. The minimum Gasteiger partial charge on any atom is -0.478 e. The first-order valence-corrected chi connectivity index (χ1v) is 10.1. The number of aromatic carboxylic acids is 1. The maximum atomic E-state index is 13.0. The molecule has 0 fully saturated rings. The van der Waals surface area contributed by atoms with Crippen LogP contribution in [0, 0.1) is 0 Å². The van der Waals surface area contributed by atoms with Crippen molar-refractivity contribution < 1.29 is 24.2 Å². The molecule has 7 heteroatoms. The van der Waals surface area contributed by atoms with Gasteiger partial charge in [-0.25, -0.2) is 10.2 Å². The number of nitrogens with zero attached hydrogens (tertiary/aromatic N) is 1. The molecule has 0 radical (unpaired) electrons. The van der Waals surface area contributed by atoms with Crippen molar-refractivity contribution in [2.24, 2.45) is 5.10 Å². The molecule has 1 amide bonds. The van der Waals surface area contributed by atoms with Crippen LogP contribution in [0.5, 0.6) is 0 Å². The molecule has 7 nitrogen and oxygen atoms in total. The second-order valence-corrected chi connectivity index (χ2v) is 7.23. The number of carbonyl (C=O) groups excluding carboxylic acids is 1. The summed E-state index contributed by atoms with van der Waals surface area (Å²) in [5, 5.41) is 24.3. The van der Waals surface area contributed by atoms with Crippen LogP contribution in [-0.4, -0.2) is 28.3 Å². The van der Waals surface area contributed by atoms with E-state index in [4.69, 9.17) is 9.52 Å². The zero-order valence-electron chi connectivity index (χ0n) is 17.4. The van der Waals surface area contributed by atoms with Crippen molar-refractivity contribution in [3.05, 3.63) is 120 Å². The SMILES string of the molecule is O=C(O)c1ccc(-c2ccc(/C=N/NC(=O)C(O)(c3ccccc3)c3ccccc3)o2)cc1. The van der Waals surface area contributed by atoms with E-state index in [1.54, 1.807) is 84.9 Å². The summed E-state index contributed by atoms with van der Waals surface area (Å²) in [4.78, 5) is 24.0. The third-order valence-corrected chi connectivity index (χ3v) is 5.11. The summed E-state index contributed by atoms with van der Waals surface area (Å²) in [5.41, 5.74) is 2.16. The van der Waals surface area contributed by atoms with Crippen molar-refractivity contribution in [2.45, 2.75) is 5.60 Å². The Morgan fingerprint density at radius 1 is 0.818 bits per heavy atom. The summed E-state index contributed by atoms with van der Waals surface area (Å²) in [5.74, 6) is -0.830. The number of hydrazone groups is 1. The third-order valence-electron chi connectivity index (χ3n) is 5.11. The van der Waals surface area contributed by atoms with Crippen LogP contribution >= 0.6 is 0 Å². The number of carboxylic acid groups (broad SMARTS) is 1. The minimum atomic E-state index is -1.93. The molecular weight excluding hydrogens is 420 g/mol. The Kier molecular flexibility index (Phi) is 6.15. The highest BCUT2D eigenvalue weighted by atomic mass is 16.4. The molecule has 0 bridgehead atoms. The normalized spacial score (nSPS) is 11.4. The van der Waals surface area contributed by atoms with Crippen LogP contribution in [0.3, 0.4) is 0 Å². The third kappa shape index (κ3) is 4.58. The van der Waals surface area contributed by atoms with Gasteiger partial charge in [-0.3, -0.25) is 4.79 Å². The molecule has 33 heavy (non-hydrogen) atoms. The van der Waals surface area contributed by atoms with Gasteiger partial charge in [-0.1, -0.05) is 72.8 Å². The summed E-state index contributed by atoms with van der Waals surface area (Å²) in [7, 11) is 0. The van der Waals surface area contributed by atoms with Crippen LogP contribution in [0.4, 0.5) is 0 Å². The molecule has 4 rings (SSSR count). The molecule has 1 aromatic heterocycles. The van der Waals surface area contributed by atoms with Gasteiger partial charge in [0.2, 0.25) is 0 Å². The van der Waals surface area contributed by atoms with E-state index in [0.29, 0.717) is 28.2 Å². The van der Waals surface area contributed by atoms with E-state index in [9.17, 15) is 14.7 Å². The average Bonchev–Trinajstić information content (AvgIpc) is 3.33. The van der Waals surface area contributed by atoms with E-state index in [2.05, 4.69) is 10.5 Å². The first-order valence-electron chi connectivity index (χ1n) is 10.1. The fourth-order valence-corrected chi connectivity index (χ4v) is 3.38. The number of carbonyl (C=O) groups is 2. The van der Waals surface area contributed by atoms with Crippen LogP contribution in [0.25, 0.3) is 11.3 Å². The van der Waals surface area contributed by atoms with Crippen molar-refractivity contribution in [3.63, 3.8) is 0 Å². The van der Waals surface area contributed by atoms with Crippen molar-refractivity contribution in [1.82, 2.24) is 5.43 Å². The van der Waals surface area contributed by atoms with Crippen molar-refractivity contribution in [1.29, 1.82) is 0 Å². The number of hydrogen-bond donors (Lipinski definition) is 3. The Labute approximate surface area is 189 Å². The molecular formula is C26H20N2O5. The number of hydrogen-bond acceptors (Lipinski definition) is 5. The largest absolute Gasteiger partial charge is 0.478 e. The zero-order valence-corrected chi connectivity index (χ0v) is 17.4. The van der Waals surface area contributed by atoms with E-state index < -0.39 is 17.5 Å². The number of furan rings is 1. The lowest BCUT2D eigenvalue weighted by molar-refractivity contribution is -0.136. The standard InChI is InChI=1S/C26H20N2O5/c29-24(30)19-13-11-18(12-14-19)23-16-15-22(33-23)17-27-28-25(31)26(32,20-7-3-1-4-8-20)21-9-5-2-6-10-21/h1-17,32H,(H,28,31)(H,29,30)/b27-17+. The Morgan fingerprint density at radius 3 is 1.94 bits per heavy atom.